The summed E-state index contributed by atoms with van der Waals surface area (Å²) < 4.78 is 0. The average Bonchev–Trinajstić information content (AvgIpc) is 3.22. The molecule has 2 aromatic rings. The van der Waals surface area contributed by atoms with Gasteiger partial charge in [-0.1, -0.05) is 60.7 Å². The molecule has 62 heavy (non-hydrogen) atoms. The first-order chi connectivity index (χ1) is 29.5. The summed E-state index contributed by atoms with van der Waals surface area (Å²) in [4.78, 5) is 84.1. The Hall–Kier alpha value is -7.17. The Morgan fingerprint density at radius 2 is 0.774 bits per heavy atom. The number of carboxylic acid groups (broad SMARTS) is 1. The van der Waals surface area contributed by atoms with Gasteiger partial charge in [0, 0.05) is 32.1 Å². The molecule has 0 aliphatic carbocycles. The molecule has 0 aromatic heterocycles. The summed E-state index contributed by atoms with van der Waals surface area (Å²) in [6.07, 6.45) is 1.15. The Labute approximate surface area is 360 Å². The van der Waals surface area contributed by atoms with Gasteiger partial charge in [-0.3, -0.25) is 39.1 Å². The highest BCUT2D eigenvalue weighted by Gasteiger charge is 2.36. The van der Waals surface area contributed by atoms with E-state index in [1.807, 2.05) is 0 Å². The average molecular weight is 866 g/mol. The van der Waals surface area contributed by atoms with E-state index in [0.29, 0.717) is 17.5 Å². The molecule has 23 N–H and O–H groups in total. The Balaban J connectivity index is 2.46. The van der Waals surface area contributed by atoms with Crippen molar-refractivity contribution < 1.29 is 29.1 Å². The number of hydrogen-bond donors (Lipinski definition) is 14. The Morgan fingerprint density at radius 1 is 0.468 bits per heavy atom. The zero-order chi connectivity index (χ0) is 46.0. The lowest BCUT2D eigenvalue weighted by molar-refractivity contribution is -0.142. The minimum Gasteiger partial charge on any atom is -0.480 e. The van der Waals surface area contributed by atoms with Crippen molar-refractivity contribution in [3.63, 3.8) is 0 Å². The van der Waals surface area contributed by atoms with E-state index in [4.69, 9.17) is 51.6 Å². The minimum absolute atomic E-state index is 0.0303. The number of aliphatic imine (C=N–C) groups is 4. The van der Waals surface area contributed by atoms with Crippen molar-refractivity contribution in [2.75, 3.05) is 26.2 Å². The van der Waals surface area contributed by atoms with Crippen LogP contribution in [-0.4, -0.2) is 115 Å². The fraction of sp³-hybridized carbons (Fsp3) is 0.462. The van der Waals surface area contributed by atoms with Gasteiger partial charge >= 0.3 is 5.97 Å². The third-order valence-electron chi connectivity index (χ3n) is 9.25. The van der Waals surface area contributed by atoms with E-state index in [1.54, 1.807) is 60.7 Å². The van der Waals surface area contributed by atoms with E-state index in [-0.39, 0.29) is 95.0 Å². The summed E-state index contributed by atoms with van der Waals surface area (Å²) in [5, 5.41) is 21.2. The van der Waals surface area contributed by atoms with Crippen molar-refractivity contribution in [1.82, 2.24) is 21.3 Å². The van der Waals surface area contributed by atoms with Crippen molar-refractivity contribution in [3.8, 4) is 0 Å². The van der Waals surface area contributed by atoms with Crippen LogP contribution >= 0.6 is 0 Å². The first-order valence-electron chi connectivity index (χ1n) is 20.0. The number of benzene rings is 2. The van der Waals surface area contributed by atoms with Crippen molar-refractivity contribution in [2.24, 2.45) is 71.6 Å². The molecule has 0 aliphatic heterocycles. The maximum absolute atomic E-state index is 14.2. The summed E-state index contributed by atoms with van der Waals surface area (Å²) in [5.41, 5.74) is 51.0. The maximum Gasteiger partial charge on any atom is 0.327 e. The van der Waals surface area contributed by atoms with Crippen LogP contribution in [0.5, 0.6) is 0 Å². The topological polar surface area (TPSA) is 437 Å². The van der Waals surface area contributed by atoms with E-state index in [9.17, 15) is 29.1 Å². The van der Waals surface area contributed by atoms with Gasteiger partial charge in [-0.25, -0.2) is 4.79 Å². The van der Waals surface area contributed by atoms with E-state index >= 15 is 0 Å². The largest absolute Gasteiger partial charge is 0.480 e. The number of hydrogen-bond acceptors (Lipinski definition) is 10. The molecule has 2 aromatic carbocycles. The molecule has 0 spiro atoms. The van der Waals surface area contributed by atoms with Crippen molar-refractivity contribution in [2.45, 2.75) is 87.5 Å². The predicted molar refractivity (Wildman–Crippen MR) is 238 cm³/mol. The lowest BCUT2D eigenvalue weighted by Gasteiger charge is -2.29. The van der Waals surface area contributed by atoms with Crippen LogP contribution in [0.4, 0.5) is 0 Å². The molecular formula is C39H63N17O6. The fourth-order valence-electron chi connectivity index (χ4n) is 6.23. The predicted octanol–water partition coefficient (Wildman–Crippen LogP) is -3.62. The summed E-state index contributed by atoms with van der Waals surface area (Å²) in [5.74, 6) is -5.85. The van der Waals surface area contributed by atoms with E-state index in [0.717, 1.165) is 0 Å². The number of carbonyl (C=O) groups is 5. The number of rotatable bonds is 28. The molecule has 0 unspecified atom stereocenters. The smallest absolute Gasteiger partial charge is 0.327 e. The van der Waals surface area contributed by atoms with E-state index in [1.165, 1.54) is 0 Å². The Morgan fingerprint density at radius 3 is 1.10 bits per heavy atom. The highest BCUT2D eigenvalue weighted by molar-refractivity contribution is 5.95. The number of aliphatic carboxylic acids is 1. The summed E-state index contributed by atoms with van der Waals surface area (Å²) in [6.45, 7) is 0.515. The second kappa shape index (κ2) is 27.6. The van der Waals surface area contributed by atoms with Crippen molar-refractivity contribution in [3.05, 3.63) is 71.8 Å². The molecule has 0 aliphatic rings. The lowest BCUT2D eigenvalue weighted by atomic mass is 9.84. The third-order valence-corrected chi connectivity index (χ3v) is 9.25. The van der Waals surface area contributed by atoms with Crippen molar-refractivity contribution in [1.29, 1.82) is 0 Å². The van der Waals surface area contributed by atoms with Gasteiger partial charge in [0.2, 0.25) is 23.6 Å². The first kappa shape index (κ1) is 51.0. The Bertz CT molecular complexity index is 1810. The lowest BCUT2D eigenvalue weighted by Crippen LogP contribution is -2.58. The van der Waals surface area contributed by atoms with E-state index < -0.39 is 65.7 Å². The SMILES string of the molecule is NC(N)=NCCC[C@H](NC(=O)[C@H](CCCN=C(N)N)NC(=O)[C@@H](N)CCCN=C(N)N)C(=O)N[C@@H](CCCN=C(N)N)C(=O)N[C@H](C(=O)O)C(c1ccccc1)c1ccccc1. The standard InChI is InChI=1S/C39H63N17O6/c40-25(15-7-19-49-36(41)42)31(57)53-26(16-8-20-50-37(43)44)32(58)54-27(17-9-21-51-38(45)46)33(59)55-28(18-10-22-52-39(47)48)34(60)56-30(35(61)62)29(23-11-3-1-4-12-23)24-13-5-2-6-14-24/h1-6,11-14,25-30H,7-10,15-22,40H2,(H,53,57)(H,54,58)(H,55,59)(H,56,60)(H,61,62)(H4,41,42,49)(H4,43,44,50)(H4,45,46,51)(H4,47,48,52)/t25-,26-,27-,28-,30-/m0/s1. The second-order valence-corrected chi connectivity index (χ2v) is 14.2. The second-order valence-electron chi connectivity index (χ2n) is 14.2. The van der Waals surface area contributed by atoms with Gasteiger partial charge in [0.05, 0.1) is 6.04 Å². The number of nitrogens with one attached hydrogen (secondary N) is 4. The summed E-state index contributed by atoms with van der Waals surface area (Å²) in [7, 11) is 0. The minimum atomic E-state index is -1.49. The number of carboxylic acids is 1. The van der Waals surface area contributed by atoms with Crippen LogP contribution in [0.2, 0.25) is 0 Å². The van der Waals surface area contributed by atoms with Gasteiger partial charge in [0.15, 0.2) is 23.8 Å². The van der Waals surface area contributed by atoms with Gasteiger partial charge in [-0.2, -0.15) is 0 Å². The maximum atomic E-state index is 14.2. The molecule has 340 valence electrons. The van der Waals surface area contributed by atoms with Crippen molar-refractivity contribution >= 4 is 53.4 Å². The number of carbonyl (C=O) groups excluding carboxylic acids is 4. The molecule has 0 radical (unpaired) electrons. The van der Waals surface area contributed by atoms with Gasteiger partial charge in [-0.15, -0.1) is 0 Å². The van der Waals surface area contributed by atoms with Crippen LogP contribution in [0.1, 0.15) is 68.4 Å². The van der Waals surface area contributed by atoms with Gasteiger partial charge in [0.25, 0.3) is 0 Å². The van der Waals surface area contributed by atoms with Crippen LogP contribution in [0, 0.1) is 0 Å². The van der Waals surface area contributed by atoms with Gasteiger partial charge < -0.3 is 78.0 Å². The molecule has 0 fully saturated rings. The molecule has 2 rings (SSSR count). The number of guanidine groups is 4. The Kier molecular flexibility index (Phi) is 22.7. The molecule has 5 atom stereocenters. The molecule has 0 bridgehead atoms. The zero-order valence-corrected chi connectivity index (χ0v) is 34.7. The quantitative estimate of drug-likeness (QED) is 0.0223. The van der Waals surface area contributed by atoms with Crippen LogP contribution in [0.3, 0.4) is 0 Å². The molecule has 0 saturated heterocycles. The van der Waals surface area contributed by atoms with Crippen LogP contribution < -0.4 is 72.9 Å². The number of nitrogens with two attached hydrogens (primary N) is 9. The van der Waals surface area contributed by atoms with Crippen LogP contribution in [0.15, 0.2) is 80.6 Å². The van der Waals surface area contributed by atoms with Gasteiger partial charge in [0.1, 0.15) is 24.2 Å². The normalized spacial score (nSPS) is 13.1. The highest BCUT2D eigenvalue weighted by atomic mass is 16.4. The van der Waals surface area contributed by atoms with Crippen LogP contribution in [0.25, 0.3) is 0 Å². The highest BCUT2D eigenvalue weighted by Crippen LogP contribution is 2.28. The summed E-state index contributed by atoms with van der Waals surface area (Å²) >= 11 is 0. The molecule has 0 heterocycles. The molecular weight excluding hydrogens is 803 g/mol. The van der Waals surface area contributed by atoms with E-state index in [2.05, 4.69) is 41.2 Å². The number of nitrogens with zero attached hydrogens (tertiary/aromatic N) is 4. The molecule has 23 heteroatoms. The molecule has 23 nitrogen and oxygen atoms in total. The van der Waals surface area contributed by atoms with Crippen LogP contribution in [-0.2, 0) is 24.0 Å². The van der Waals surface area contributed by atoms with Gasteiger partial charge in [-0.05, 0) is 62.5 Å². The first-order valence-corrected chi connectivity index (χ1v) is 20.0. The monoisotopic (exact) mass is 866 g/mol. The fourth-order valence-corrected chi connectivity index (χ4v) is 6.23. The third kappa shape index (κ3) is 19.7. The molecule has 4 amide bonds. The summed E-state index contributed by atoms with van der Waals surface area (Å²) in [6, 6.07) is 11.2. The zero-order valence-electron chi connectivity index (χ0n) is 34.7. The number of amides is 4. The molecule has 0 saturated carbocycles.